The first kappa shape index (κ1) is 12.6. The van der Waals surface area contributed by atoms with E-state index in [2.05, 4.69) is 24.3 Å². The Morgan fingerprint density at radius 3 is 2.50 bits per heavy atom. The molecule has 94 valence electrons. The summed E-state index contributed by atoms with van der Waals surface area (Å²) in [5.41, 5.74) is 1.35. The van der Waals surface area contributed by atoms with Crippen LogP contribution < -0.4 is 4.74 Å². The van der Waals surface area contributed by atoms with Crippen LogP contribution >= 0.6 is 0 Å². The number of halogens is 1. The van der Waals surface area contributed by atoms with Crippen molar-refractivity contribution in [3.8, 4) is 5.75 Å². The fourth-order valence-electron chi connectivity index (χ4n) is 1.82. The van der Waals surface area contributed by atoms with Gasteiger partial charge in [0.05, 0.1) is 6.61 Å². The highest BCUT2D eigenvalue weighted by atomic mass is 19.1. The number of aryl methyl sites for hydroxylation is 1. The number of hydrogen-bond donors (Lipinski definition) is 0. The molecule has 0 saturated carbocycles. The lowest BCUT2D eigenvalue weighted by Gasteiger charge is -2.06. The zero-order valence-corrected chi connectivity index (χ0v) is 10.3. The maximum Gasteiger partial charge on any atom is 0.126 e. The summed E-state index contributed by atoms with van der Waals surface area (Å²) in [5, 5.41) is 0. The minimum atomic E-state index is -0.253. The summed E-state index contributed by atoms with van der Waals surface area (Å²) >= 11 is 0. The molecule has 0 aromatic heterocycles. The van der Waals surface area contributed by atoms with Gasteiger partial charge in [-0.2, -0.15) is 0 Å². The van der Waals surface area contributed by atoms with Crippen LogP contribution in [-0.4, -0.2) is 6.61 Å². The summed E-state index contributed by atoms with van der Waals surface area (Å²) < 4.78 is 18.4. The van der Waals surface area contributed by atoms with Gasteiger partial charge in [0.2, 0.25) is 0 Å². The minimum Gasteiger partial charge on any atom is -0.493 e. The van der Waals surface area contributed by atoms with Crippen LogP contribution in [0.25, 0.3) is 0 Å². The molecule has 18 heavy (non-hydrogen) atoms. The lowest BCUT2D eigenvalue weighted by atomic mass is 10.1. The van der Waals surface area contributed by atoms with Crippen LogP contribution in [0.4, 0.5) is 4.39 Å². The van der Waals surface area contributed by atoms with Gasteiger partial charge in [0.25, 0.3) is 0 Å². The van der Waals surface area contributed by atoms with Crippen molar-refractivity contribution in [1.82, 2.24) is 0 Å². The number of unbranched alkanes of at least 4 members (excludes halogenated alkanes) is 1. The van der Waals surface area contributed by atoms with Crippen LogP contribution in [0.1, 0.15) is 18.4 Å². The Morgan fingerprint density at radius 2 is 1.72 bits per heavy atom. The number of hydrogen-bond acceptors (Lipinski definition) is 1. The van der Waals surface area contributed by atoms with Crippen LogP contribution in [0, 0.1) is 5.82 Å². The highest BCUT2D eigenvalue weighted by Crippen LogP contribution is 2.12. The third-order valence-electron chi connectivity index (χ3n) is 2.77. The van der Waals surface area contributed by atoms with E-state index >= 15 is 0 Å². The summed E-state index contributed by atoms with van der Waals surface area (Å²) in [6.07, 6.45) is 3.12. The van der Waals surface area contributed by atoms with E-state index in [0.717, 1.165) is 19.3 Å². The molecule has 0 fully saturated rings. The number of ether oxygens (including phenoxy) is 1. The molecule has 0 atom stereocenters. The van der Waals surface area contributed by atoms with Gasteiger partial charge in [0.1, 0.15) is 11.6 Å². The highest BCUT2D eigenvalue weighted by Gasteiger charge is 1.96. The smallest absolute Gasteiger partial charge is 0.126 e. The molecule has 0 aliphatic heterocycles. The normalized spacial score (nSPS) is 10.3. The Morgan fingerprint density at radius 1 is 0.889 bits per heavy atom. The molecule has 0 bridgehead atoms. The van der Waals surface area contributed by atoms with Crippen molar-refractivity contribution in [2.45, 2.75) is 19.3 Å². The quantitative estimate of drug-likeness (QED) is 0.691. The first-order chi connectivity index (χ1) is 8.84. The second kappa shape index (κ2) is 6.80. The Labute approximate surface area is 107 Å². The highest BCUT2D eigenvalue weighted by molar-refractivity contribution is 5.22. The van der Waals surface area contributed by atoms with Crippen LogP contribution in [0.5, 0.6) is 5.75 Å². The molecule has 0 unspecified atom stereocenters. The van der Waals surface area contributed by atoms with Gasteiger partial charge in [-0.3, -0.25) is 0 Å². The Hall–Kier alpha value is -1.83. The molecule has 0 spiro atoms. The van der Waals surface area contributed by atoms with Gasteiger partial charge >= 0.3 is 0 Å². The van der Waals surface area contributed by atoms with E-state index < -0.39 is 0 Å². The molecule has 1 nitrogen and oxygen atoms in total. The van der Waals surface area contributed by atoms with E-state index in [0.29, 0.717) is 12.4 Å². The topological polar surface area (TPSA) is 9.23 Å². The van der Waals surface area contributed by atoms with Crippen molar-refractivity contribution in [3.63, 3.8) is 0 Å². The van der Waals surface area contributed by atoms with Crippen LogP contribution in [0.15, 0.2) is 54.6 Å². The lowest BCUT2D eigenvalue weighted by Crippen LogP contribution is -1.98. The Bertz CT molecular complexity index is 468. The van der Waals surface area contributed by atoms with E-state index in [1.807, 2.05) is 6.07 Å². The molecule has 2 aromatic rings. The van der Waals surface area contributed by atoms with Crippen molar-refractivity contribution >= 4 is 0 Å². The van der Waals surface area contributed by atoms with Crippen LogP contribution in [-0.2, 0) is 6.42 Å². The van der Waals surface area contributed by atoms with Crippen LogP contribution in [0.3, 0.4) is 0 Å². The molecule has 2 aromatic carbocycles. The third-order valence-corrected chi connectivity index (χ3v) is 2.77. The average molecular weight is 244 g/mol. The first-order valence-corrected chi connectivity index (χ1v) is 6.27. The van der Waals surface area contributed by atoms with E-state index in [9.17, 15) is 4.39 Å². The molecular formula is C16H17FO. The Balaban J connectivity index is 1.65. The molecular weight excluding hydrogens is 227 g/mol. The van der Waals surface area contributed by atoms with Crippen molar-refractivity contribution in [2.75, 3.05) is 6.61 Å². The van der Waals surface area contributed by atoms with Gasteiger partial charge in [-0.15, -0.1) is 0 Å². The largest absolute Gasteiger partial charge is 0.493 e. The van der Waals surface area contributed by atoms with Gasteiger partial charge < -0.3 is 4.74 Å². The van der Waals surface area contributed by atoms with E-state index in [1.54, 1.807) is 12.1 Å². The number of rotatable bonds is 6. The Kier molecular flexibility index (Phi) is 4.77. The molecule has 0 saturated heterocycles. The van der Waals surface area contributed by atoms with Crippen molar-refractivity contribution in [1.29, 1.82) is 0 Å². The predicted molar refractivity (Wildman–Crippen MR) is 71.3 cm³/mol. The summed E-state index contributed by atoms with van der Waals surface area (Å²) in [5.74, 6) is 0.353. The molecule has 0 aliphatic carbocycles. The molecule has 2 rings (SSSR count). The standard InChI is InChI=1S/C16H17FO/c17-15-10-6-11-16(13-15)18-12-5-4-9-14-7-2-1-3-8-14/h1-3,6-8,10-11,13H,4-5,9,12H2. The molecule has 2 heteroatoms. The third kappa shape index (κ3) is 4.21. The molecule has 0 amide bonds. The minimum absolute atomic E-state index is 0.253. The first-order valence-electron chi connectivity index (χ1n) is 6.27. The molecule has 0 radical (unpaired) electrons. The summed E-state index contributed by atoms with van der Waals surface area (Å²) in [7, 11) is 0. The molecule has 0 aliphatic rings. The van der Waals surface area contributed by atoms with Gasteiger partial charge in [0, 0.05) is 6.07 Å². The summed E-state index contributed by atoms with van der Waals surface area (Å²) in [6, 6.07) is 16.7. The van der Waals surface area contributed by atoms with E-state index in [4.69, 9.17) is 4.74 Å². The van der Waals surface area contributed by atoms with E-state index in [-0.39, 0.29) is 5.82 Å². The van der Waals surface area contributed by atoms with Crippen LogP contribution in [0.2, 0.25) is 0 Å². The second-order valence-corrected chi connectivity index (χ2v) is 4.25. The fraction of sp³-hybridized carbons (Fsp3) is 0.250. The van der Waals surface area contributed by atoms with E-state index in [1.165, 1.54) is 17.7 Å². The van der Waals surface area contributed by atoms with Crippen molar-refractivity contribution in [2.24, 2.45) is 0 Å². The zero-order valence-electron chi connectivity index (χ0n) is 10.3. The SMILES string of the molecule is Fc1cccc(OCCCCc2ccccc2)c1. The fourth-order valence-corrected chi connectivity index (χ4v) is 1.82. The summed E-state index contributed by atoms with van der Waals surface area (Å²) in [6.45, 7) is 0.635. The lowest BCUT2D eigenvalue weighted by molar-refractivity contribution is 0.305. The summed E-state index contributed by atoms with van der Waals surface area (Å²) in [4.78, 5) is 0. The van der Waals surface area contributed by atoms with Crippen molar-refractivity contribution in [3.05, 3.63) is 66.0 Å². The zero-order chi connectivity index (χ0) is 12.6. The maximum atomic E-state index is 12.9. The van der Waals surface area contributed by atoms with Gasteiger partial charge in [-0.1, -0.05) is 36.4 Å². The van der Waals surface area contributed by atoms with Gasteiger partial charge in [-0.05, 0) is 37.0 Å². The van der Waals surface area contributed by atoms with Gasteiger partial charge in [-0.25, -0.2) is 4.39 Å². The predicted octanol–water partition coefficient (Wildman–Crippen LogP) is 4.23. The monoisotopic (exact) mass is 244 g/mol. The molecule has 0 heterocycles. The molecule has 0 N–H and O–H groups in total. The van der Waals surface area contributed by atoms with Gasteiger partial charge in [0.15, 0.2) is 0 Å². The second-order valence-electron chi connectivity index (χ2n) is 4.25. The number of benzene rings is 2. The maximum absolute atomic E-state index is 12.9. The average Bonchev–Trinajstić information content (AvgIpc) is 2.40. The van der Waals surface area contributed by atoms with Crippen molar-refractivity contribution < 1.29 is 9.13 Å².